The highest BCUT2D eigenvalue weighted by molar-refractivity contribution is 9.10. The molecule has 2 heterocycles. The maximum atomic E-state index is 4.51. The summed E-state index contributed by atoms with van der Waals surface area (Å²) in [4.78, 5) is 12.1. The highest BCUT2D eigenvalue weighted by Gasteiger charge is 2.06. The molecule has 0 bridgehead atoms. The average Bonchev–Trinajstić information content (AvgIpc) is 2.75. The van der Waals surface area contributed by atoms with Crippen molar-refractivity contribution in [1.82, 2.24) is 15.0 Å². The second-order valence-corrected chi connectivity index (χ2v) is 5.72. The zero-order chi connectivity index (χ0) is 13.4. The fourth-order valence-corrected chi connectivity index (χ4v) is 2.45. The van der Waals surface area contributed by atoms with Crippen molar-refractivity contribution in [2.24, 2.45) is 0 Å². The van der Waals surface area contributed by atoms with E-state index < -0.39 is 0 Å². The molecule has 0 unspecified atom stereocenters. The zero-order valence-electron chi connectivity index (χ0n) is 10.9. The number of aryl methyl sites for hydroxylation is 2. The number of fused-ring (bicyclic) bond motifs is 1. The molecule has 0 aliphatic heterocycles. The van der Waals surface area contributed by atoms with E-state index in [2.05, 4.69) is 62.9 Å². The normalized spacial score (nSPS) is 11.1. The Kier molecular flexibility index (Phi) is 3.11. The number of nitrogens with zero attached hydrogens (tertiary/aromatic N) is 2. The summed E-state index contributed by atoms with van der Waals surface area (Å²) in [6.07, 6.45) is 2.57. The lowest BCUT2D eigenvalue weighted by Crippen LogP contribution is -1.92. The second-order valence-electron chi connectivity index (χ2n) is 4.80. The molecular weight excluding hydrogens is 302 g/mol. The highest BCUT2D eigenvalue weighted by atomic mass is 79.9. The van der Waals surface area contributed by atoms with Crippen LogP contribution >= 0.6 is 15.9 Å². The number of pyridine rings is 1. The van der Waals surface area contributed by atoms with Crippen molar-refractivity contribution in [3.8, 4) is 0 Å². The molecule has 0 spiro atoms. The maximum Gasteiger partial charge on any atom is 0.177 e. The van der Waals surface area contributed by atoms with E-state index in [-0.39, 0.29) is 0 Å². The van der Waals surface area contributed by atoms with Crippen molar-refractivity contribution >= 4 is 27.1 Å². The Balaban J connectivity index is 1.94. The molecular formula is C15H14BrN3. The Morgan fingerprint density at radius 3 is 2.79 bits per heavy atom. The molecule has 4 heteroatoms. The van der Waals surface area contributed by atoms with E-state index in [9.17, 15) is 0 Å². The quantitative estimate of drug-likeness (QED) is 0.778. The van der Waals surface area contributed by atoms with Crippen LogP contribution in [0.2, 0.25) is 0 Å². The lowest BCUT2D eigenvalue weighted by Gasteiger charge is -2.03. The maximum absolute atomic E-state index is 4.51. The number of rotatable bonds is 2. The summed E-state index contributed by atoms with van der Waals surface area (Å²) >= 11 is 3.42. The van der Waals surface area contributed by atoms with Gasteiger partial charge in [-0.05, 0) is 52.5 Å². The molecule has 3 nitrogen and oxygen atoms in total. The molecule has 0 aliphatic carbocycles. The SMILES string of the molecule is Cc1ccc(Cc2nc3ncc(Br)cc3[nH]2)cc1C. The first-order valence-electron chi connectivity index (χ1n) is 6.18. The van der Waals surface area contributed by atoms with E-state index in [4.69, 9.17) is 0 Å². The third-order valence-electron chi connectivity index (χ3n) is 3.30. The van der Waals surface area contributed by atoms with Gasteiger partial charge < -0.3 is 4.98 Å². The first-order valence-corrected chi connectivity index (χ1v) is 6.97. The third kappa shape index (κ3) is 2.54. The topological polar surface area (TPSA) is 41.6 Å². The minimum absolute atomic E-state index is 0.766. The summed E-state index contributed by atoms with van der Waals surface area (Å²) in [5, 5.41) is 0. The number of aromatic nitrogens is 3. The van der Waals surface area contributed by atoms with Crippen LogP contribution in [0.5, 0.6) is 0 Å². The Bertz CT molecular complexity index is 746. The lowest BCUT2D eigenvalue weighted by atomic mass is 10.0. The van der Waals surface area contributed by atoms with Gasteiger partial charge in [-0.1, -0.05) is 18.2 Å². The van der Waals surface area contributed by atoms with Crippen LogP contribution in [-0.4, -0.2) is 15.0 Å². The van der Waals surface area contributed by atoms with Gasteiger partial charge in [-0.25, -0.2) is 9.97 Å². The minimum Gasteiger partial charge on any atom is -0.340 e. The van der Waals surface area contributed by atoms with Crippen molar-refractivity contribution in [2.75, 3.05) is 0 Å². The Morgan fingerprint density at radius 1 is 1.16 bits per heavy atom. The van der Waals surface area contributed by atoms with E-state index in [1.54, 1.807) is 6.20 Å². The van der Waals surface area contributed by atoms with Crippen molar-refractivity contribution in [3.05, 3.63) is 57.4 Å². The number of nitrogens with one attached hydrogen (secondary N) is 1. The van der Waals surface area contributed by atoms with E-state index in [1.807, 2.05) is 6.07 Å². The minimum atomic E-state index is 0.766. The van der Waals surface area contributed by atoms with Gasteiger partial charge in [0.1, 0.15) is 5.82 Å². The number of H-pyrrole nitrogens is 1. The Morgan fingerprint density at radius 2 is 2.00 bits per heavy atom. The lowest BCUT2D eigenvalue weighted by molar-refractivity contribution is 1.03. The summed E-state index contributed by atoms with van der Waals surface area (Å²) < 4.78 is 0.960. The molecule has 3 rings (SSSR count). The molecule has 0 fully saturated rings. The van der Waals surface area contributed by atoms with Gasteiger partial charge in [0.25, 0.3) is 0 Å². The van der Waals surface area contributed by atoms with Gasteiger partial charge in [0.2, 0.25) is 0 Å². The van der Waals surface area contributed by atoms with Gasteiger partial charge >= 0.3 is 0 Å². The molecule has 96 valence electrons. The molecule has 1 aromatic carbocycles. The summed E-state index contributed by atoms with van der Waals surface area (Å²) in [7, 11) is 0. The first-order chi connectivity index (χ1) is 9.11. The molecule has 0 saturated heterocycles. The number of hydrogen-bond acceptors (Lipinski definition) is 2. The van der Waals surface area contributed by atoms with Crippen LogP contribution in [0, 0.1) is 13.8 Å². The standard InChI is InChI=1S/C15H14BrN3/c1-9-3-4-11(5-10(9)2)6-14-18-13-7-12(16)8-17-15(13)19-14/h3-5,7-8H,6H2,1-2H3,(H,17,18,19). The van der Waals surface area contributed by atoms with E-state index >= 15 is 0 Å². The van der Waals surface area contributed by atoms with Gasteiger partial charge in [0, 0.05) is 17.1 Å². The van der Waals surface area contributed by atoms with Gasteiger partial charge in [0.05, 0.1) is 5.52 Å². The zero-order valence-corrected chi connectivity index (χ0v) is 12.5. The first kappa shape index (κ1) is 12.4. The predicted molar refractivity (Wildman–Crippen MR) is 80.3 cm³/mol. The fraction of sp³-hybridized carbons (Fsp3) is 0.200. The fourth-order valence-electron chi connectivity index (χ4n) is 2.11. The van der Waals surface area contributed by atoms with E-state index in [0.29, 0.717) is 0 Å². The Hall–Kier alpha value is -1.68. The van der Waals surface area contributed by atoms with Crippen LogP contribution in [0.3, 0.4) is 0 Å². The van der Waals surface area contributed by atoms with Crippen molar-refractivity contribution < 1.29 is 0 Å². The Labute approximate surface area is 120 Å². The number of imidazole rings is 1. The molecule has 0 aliphatic rings. The van der Waals surface area contributed by atoms with Gasteiger partial charge in [-0.2, -0.15) is 0 Å². The smallest absolute Gasteiger partial charge is 0.177 e. The molecule has 0 saturated carbocycles. The van der Waals surface area contributed by atoms with Gasteiger partial charge in [-0.3, -0.25) is 0 Å². The van der Waals surface area contributed by atoms with E-state index in [1.165, 1.54) is 16.7 Å². The molecule has 19 heavy (non-hydrogen) atoms. The third-order valence-corrected chi connectivity index (χ3v) is 3.73. The highest BCUT2D eigenvalue weighted by Crippen LogP contribution is 2.17. The van der Waals surface area contributed by atoms with Crippen LogP contribution in [0.15, 0.2) is 34.9 Å². The van der Waals surface area contributed by atoms with Crippen molar-refractivity contribution in [3.63, 3.8) is 0 Å². The van der Waals surface area contributed by atoms with Crippen molar-refractivity contribution in [1.29, 1.82) is 0 Å². The number of halogens is 1. The van der Waals surface area contributed by atoms with Gasteiger partial charge in [0.15, 0.2) is 5.65 Å². The molecule has 1 N–H and O–H groups in total. The molecule has 0 atom stereocenters. The number of benzene rings is 1. The molecule has 0 amide bonds. The average molecular weight is 316 g/mol. The summed E-state index contributed by atoms with van der Waals surface area (Å²) in [6, 6.07) is 8.52. The van der Waals surface area contributed by atoms with Gasteiger partial charge in [-0.15, -0.1) is 0 Å². The molecule has 0 radical (unpaired) electrons. The van der Waals surface area contributed by atoms with Crippen LogP contribution < -0.4 is 0 Å². The monoisotopic (exact) mass is 315 g/mol. The van der Waals surface area contributed by atoms with Crippen LogP contribution in [-0.2, 0) is 6.42 Å². The second kappa shape index (κ2) is 4.78. The largest absolute Gasteiger partial charge is 0.340 e. The summed E-state index contributed by atoms with van der Waals surface area (Å²) in [5.74, 6) is 0.948. The number of aromatic amines is 1. The molecule has 3 aromatic rings. The predicted octanol–water partition coefficient (Wildman–Crippen LogP) is 3.93. The van der Waals surface area contributed by atoms with Crippen LogP contribution in [0.4, 0.5) is 0 Å². The summed E-state index contributed by atoms with van der Waals surface area (Å²) in [5.41, 5.74) is 5.63. The molecule has 2 aromatic heterocycles. The summed E-state index contributed by atoms with van der Waals surface area (Å²) in [6.45, 7) is 4.26. The van der Waals surface area contributed by atoms with Crippen LogP contribution in [0.25, 0.3) is 11.2 Å². The van der Waals surface area contributed by atoms with E-state index in [0.717, 1.165) is 27.9 Å². The number of hydrogen-bond donors (Lipinski definition) is 1. The van der Waals surface area contributed by atoms with Crippen molar-refractivity contribution in [2.45, 2.75) is 20.3 Å². The van der Waals surface area contributed by atoms with Crippen LogP contribution in [0.1, 0.15) is 22.5 Å².